The number of sulfonamides is 1. The third-order valence-corrected chi connectivity index (χ3v) is 7.84. The summed E-state index contributed by atoms with van der Waals surface area (Å²) in [7, 11) is -5.06. The summed E-state index contributed by atoms with van der Waals surface area (Å²) in [6.45, 7) is 1.99. The van der Waals surface area contributed by atoms with Crippen molar-refractivity contribution in [1.82, 2.24) is 3.89 Å². The summed E-state index contributed by atoms with van der Waals surface area (Å²) in [5, 5.41) is 9.42. The maximum Gasteiger partial charge on any atom is 0.442 e. The van der Waals surface area contributed by atoms with Gasteiger partial charge in [-0.1, -0.05) is 30.3 Å². The molecule has 2 N–H and O–H groups in total. The number of imide groups is 1. The number of benzene rings is 3. The molecular weight excluding hydrogens is 461 g/mol. The number of quaternary nitrogens is 1. The predicted octanol–water partition coefficient (Wildman–Crippen LogP) is 3.54. The smallest absolute Gasteiger partial charge is 0.442 e. The predicted molar refractivity (Wildman–Crippen MR) is 121 cm³/mol. The van der Waals surface area contributed by atoms with Crippen molar-refractivity contribution in [2.24, 2.45) is 5.73 Å². The summed E-state index contributed by atoms with van der Waals surface area (Å²) >= 11 is 0. The number of carbonyl (C=O) groups is 2. The Morgan fingerprint density at radius 3 is 2.44 bits per heavy atom. The largest absolute Gasteiger partial charge is 0.494 e. The van der Waals surface area contributed by atoms with Gasteiger partial charge in [0.1, 0.15) is 17.5 Å². The van der Waals surface area contributed by atoms with Crippen molar-refractivity contribution >= 4 is 27.6 Å². The molecule has 0 radical (unpaired) electrons. The van der Waals surface area contributed by atoms with Crippen molar-refractivity contribution in [3.8, 4) is 11.8 Å². The minimum Gasteiger partial charge on any atom is -0.494 e. The second-order valence-electron chi connectivity index (χ2n) is 7.48. The number of nitriles is 1. The molecule has 0 spiro atoms. The molecule has 3 aromatic rings. The third-order valence-electron chi connectivity index (χ3n) is 5.68. The summed E-state index contributed by atoms with van der Waals surface area (Å²) in [6, 6.07) is 15.1. The van der Waals surface area contributed by atoms with Gasteiger partial charge in [-0.2, -0.15) is 13.7 Å². The average molecular weight is 480 g/mol. The van der Waals surface area contributed by atoms with Crippen molar-refractivity contribution in [2.45, 2.75) is 17.7 Å². The molecule has 4 rings (SSSR count). The molecule has 0 fully saturated rings. The van der Waals surface area contributed by atoms with Gasteiger partial charge in [-0.15, -0.1) is 0 Å². The number of hydrogen-bond donors (Lipinski definition) is 1. The minimum absolute atomic E-state index is 0.0925. The lowest BCUT2D eigenvalue weighted by Crippen LogP contribution is -2.63. The van der Waals surface area contributed by atoms with E-state index in [1.165, 1.54) is 30.3 Å². The van der Waals surface area contributed by atoms with Crippen LogP contribution in [0.1, 0.15) is 29.5 Å². The molecular formula is C24H19FN3O5S+. The molecule has 1 heterocycles. The number of fused-ring (bicyclic) bond motifs is 1. The summed E-state index contributed by atoms with van der Waals surface area (Å²) < 4.78 is 46.0. The summed E-state index contributed by atoms with van der Waals surface area (Å²) in [5.41, 5.74) is 5.88. The molecule has 2 unspecified atom stereocenters. The zero-order chi connectivity index (χ0) is 24.7. The van der Waals surface area contributed by atoms with Crippen LogP contribution >= 0.6 is 0 Å². The van der Waals surface area contributed by atoms with Crippen molar-refractivity contribution in [3.05, 3.63) is 89.2 Å². The molecule has 10 heteroatoms. The van der Waals surface area contributed by atoms with Crippen LogP contribution in [0.5, 0.6) is 5.75 Å². The highest BCUT2D eigenvalue weighted by atomic mass is 32.2. The Balaban J connectivity index is 2.11. The number of amides is 3. The van der Waals surface area contributed by atoms with E-state index in [-0.39, 0.29) is 29.0 Å². The molecule has 3 aromatic carbocycles. The van der Waals surface area contributed by atoms with Crippen molar-refractivity contribution in [3.63, 3.8) is 0 Å². The molecule has 1 aliphatic rings. The second-order valence-corrected chi connectivity index (χ2v) is 9.42. The number of para-hydroxylation sites is 1. The van der Waals surface area contributed by atoms with Crippen LogP contribution in [-0.4, -0.2) is 27.0 Å². The van der Waals surface area contributed by atoms with Crippen LogP contribution in [-0.2, 0) is 14.8 Å². The fourth-order valence-electron chi connectivity index (χ4n) is 4.28. The van der Waals surface area contributed by atoms with Crippen LogP contribution in [0.15, 0.2) is 71.6 Å². The Morgan fingerprint density at radius 1 is 1.12 bits per heavy atom. The van der Waals surface area contributed by atoms with Crippen molar-refractivity contribution < 1.29 is 27.1 Å². The van der Waals surface area contributed by atoms with Crippen LogP contribution in [0.2, 0.25) is 0 Å². The average Bonchev–Trinajstić information content (AvgIpc) is 3.08. The van der Waals surface area contributed by atoms with E-state index in [4.69, 9.17) is 10.5 Å². The van der Waals surface area contributed by atoms with Gasteiger partial charge in [0.25, 0.3) is 0 Å². The normalized spacial score (nSPS) is 19.3. The van der Waals surface area contributed by atoms with Gasteiger partial charge < -0.3 is 10.5 Å². The highest BCUT2D eigenvalue weighted by Crippen LogP contribution is 2.51. The third kappa shape index (κ3) is 3.09. The van der Waals surface area contributed by atoms with E-state index in [2.05, 4.69) is 0 Å². The maximum atomic E-state index is 14.7. The molecule has 0 saturated carbocycles. The molecule has 0 bridgehead atoms. The summed E-state index contributed by atoms with van der Waals surface area (Å²) in [5.74, 6) is -3.28. The molecule has 8 nitrogen and oxygen atoms in total. The number of urea groups is 1. The van der Waals surface area contributed by atoms with Gasteiger partial charge in [-0.3, -0.25) is 0 Å². The number of hydrogen-bond acceptors (Lipinski definition) is 6. The number of nitrogens with two attached hydrogens (primary N) is 1. The molecule has 3 amide bonds. The molecule has 2 atom stereocenters. The van der Waals surface area contributed by atoms with Crippen LogP contribution < -0.4 is 14.4 Å². The zero-order valence-electron chi connectivity index (χ0n) is 17.9. The second kappa shape index (κ2) is 8.37. The van der Waals surface area contributed by atoms with Crippen LogP contribution in [0, 0.1) is 17.1 Å². The number of nitrogens with zero attached hydrogens (tertiary/aromatic N) is 2. The zero-order valence-corrected chi connectivity index (χ0v) is 18.8. The number of primary amides is 1. The van der Waals surface area contributed by atoms with Gasteiger partial charge in [-0.05, 0) is 41.1 Å². The molecule has 0 saturated heterocycles. The fraction of sp³-hybridized carbons (Fsp3) is 0.125. The van der Waals surface area contributed by atoms with Crippen LogP contribution in [0.3, 0.4) is 0 Å². The number of carbonyl (C=O) groups excluding carboxylic acids is 2. The van der Waals surface area contributed by atoms with E-state index >= 15 is 0 Å². The highest BCUT2D eigenvalue weighted by Gasteiger charge is 2.67. The Hall–Kier alpha value is -4.07. The lowest BCUT2D eigenvalue weighted by molar-refractivity contribution is -0.123. The van der Waals surface area contributed by atoms with Gasteiger partial charge in [0.2, 0.25) is 0 Å². The van der Waals surface area contributed by atoms with Crippen molar-refractivity contribution in [1.29, 1.82) is 5.26 Å². The molecule has 0 aliphatic carbocycles. The van der Waals surface area contributed by atoms with Gasteiger partial charge in [-0.25, -0.2) is 14.0 Å². The minimum atomic E-state index is -5.06. The maximum absolute atomic E-state index is 14.7. The first kappa shape index (κ1) is 23.1. The first-order valence-electron chi connectivity index (χ1n) is 10.2. The molecule has 34 heavy (non-hydrogen) atoms. The van der Waals surface area contributed by atoms with E-state index in [0.29, 0.717) is 5.75 Å². The summed E-state index contributed by atoms with van der Waals surface area (Å²) in [6.07, 6.45) is 0. The first-order chi connectivity index (χ1) is 16.2. The summed E-state index contributed by atoms with van der Waals surface area (Å²) in [4.78, 5) is 26.1. The fourth-order valence-corrected chi connectivity index (χ4v) is 6.14. The van der Waals surface area contributed by atoms with Gasteiger partial charge in [0.05, 0.1) is 18.2 Å². The number of halogens is 1. The quantitative estimate of drug-likeness (QED) is 0.557. The Bertz CT molecular complexity index is 1480. The Morgan fingerprint density at radius 2 is 1.79 bits per heavy atom. The van der Waals surface area contributed by atoms with E-state index < -0.39 is 42.5 Å². The first-order valence-corrected chi connectivity index (χ1v) is 11.6. The number of rotatable bonds is 5. The Labute approximate surface area is 195 Å². The topological polar surface area (TPSA) is 127 Å². The Kier molecular flexibility index (Phi) is 5.69. The van der Waals surface area contributed by atoms with Crippen LogP contribution in [0.25, 0.3) is 0 Å². The SMILES string of the molecule is CCOc1ccccc1C1C(=O)[N+](C(N)=O)(S(=O)(=O)c2ccccc2F)c2ccc(C#N)cc21. The molecule has 172 valence electrons. The van der Waals surface area contributed by atoms with Gasteiger partial charge >= 0.3 is 22.0 Å². The van der Waals surface area contributed by atoms with Gasteiger partial charge in [0.15, 0.2) is 10.6 Å². The molecule has 0 aromatic heterocycles. The molecule has 1 aliphatic heterocycles. The van der Waals surface area contributed by atoms with E-state index in [0.717, 1.165) is 12.1 Å². The van der Waals surface area contributed by atoms with Gasteiger partial charge in [0, 0.05) is 17.2 Å². The van der Waals surface area contributed by atoms with E-state index in [9.17, 15) is 27.7 Å². The highest BCUT2D eigenvalue weighted by molar-refractivity contribution is 7.92. The van der Waals surface area contributed by atoms with E-state index in [1.54, 1.807) is 31.2 Å². The van der Waals surface area contributed by atoms with E-state index in [1.807, 2.05) is 6.07 Å². The van der Waals surface area contributed by atoms with Crippen LogP contribution in [0.4, 0.5) is 14.9 Å². The monoisotopic (exact) mass is 480 g/mol. The lowest BCUT2D eigenvalue weighted by Gasteiger charge is -2.26. The van der Waals surface area contributed by atoms with Crippen molar-refractivity contribution in [2.75, 3.05) is 6.61 Å². The standard InChI is InChI=1S/C24H18FN3O5S/c1-2-33-20-9-5-3-7-16(20)22-17-13-15(14-26)11-12-19(17)28(23(22)29,24(27)30)34(31,32)21-10-6-4-8-18(21)25/h3-13,22H,2H2,1H3,(H-,27,30)/p+1. The lowest BCUT2D eigenvalue weighted by atomic mass is 9.91. The number of ether oxygens (including phenoxy) is 1.